The van der Waals surface area contributed by atoms with E-state index in [2.05, 4.69) is 0 Å². The third-order valence-corrected chi connectivity index (χ3v) is 8.37. The number of carbonyl (C=O) groups excluding carboxylic acids is 2. The molecule has 0 aliphatic carbocycles. The molecule has 10 heteroatoms. The fraction of sp³-hybridized carbons (Fsp3) is 0.167. The predicted octanol–water partition coefficient (Wildman–Crippen LogP) is 5.38. The number of aromatic nitrogens is 1. The van der Waals surface area contributed by atoms with Crippen molar-refractivity contribution < 1.29 is 28.2 Å². The summed E-state index contributed by atoms with van der Waals surface area (Å²) in [4.78, 5) is 45.1. The van der Waals surface area contributed by atoms with E-state index in [0.717, 1.165) is 11.1 Å². The van der Waals surface area contributed by atoms with Crippen LogP contribution in [0.1, 0.15) is 47.1 Å². The summed E-state index contributed by atoms with van der Waals surface area (Å²) in [7, 11) is 1.58. The minimum absolute atomic E-state index is 0.163. The minimum Gasteiger partial charge on any atom is -0.497 e. The molecule has 0 amide bonds. The maximum Gasteiger partial charge on any atom is 0.338 e. The van der Waals surface area contributed by atoms with Gasteiger partial charge in [-0.05, 0) is 55.8 Å². The van der Waals surface area contributed by atoms with Gasteiger partial charge in [-0.2, -0.15) is 0 Å². The number of thiazole rings is 1. The van der Waals surface area contributed by atoms with Crippen molar-refractivity contribution in [2.24, 2.45) is 4.99 Å². The molecule has 0 fully saturated rings. The Labute approximate surface area is 268 Å². The standard InChI is InChI=1S/C36H30N2O7S/c1-4-43-34(40)25-13-11-22(12-14-25)28-20-19-27(45-28)21-29-33(39)38-32(24-15-17-26(42-3)18-16-24)30(35(41)44-5-2)31(37-36(38)46-29)23-9-7-6-8-10-23/h6-21,32H,4-5H2,1-3H3/b29-21-. The van der Waals surface area contributed by atoms with Gasteiger partial charge >= 0.3 is 11.9 Å². The Balaban J connectivity index is 1.47. The van der Waals surface area contributed by atoms with Crippen molar-refractivity contribution in [2.45, 2.75) is 19.9 Å². The summed E-state index contributed by atoms with van der Waals surface area (Å²) in [6.07, 6.45) is 1.67. The molecule has 0 saturated carbocycles. The van der Waals surface area contributed by atoms with Gasteiger partial charge in [0.25, 0.3) is 5.56 Å². The van der Waals surface area contributed by atoms with Crippen molar-refractivity contribution in [1.82, 2.24) is 4.57 Å². The van der Waals surface area contributed by atoms with Gasteiger partial charge < -0.3 is 18.6 Å². The number of rotatable bonds is 9. The lowest BCUT2D eigenvalue weighted by Crippen LogP contribution is -2.40. The van der Waals surface area contributed by atoms with Crippen molar-refractivity contribution in [1.29, 1.82) is 0 Å². The molecule has 0 N–H and O–H groups in total. The highest BCUT2D eigenvalue weighted by Gasteiger charge is 2.35. The average molecular weight is 635 g/mol. The molecule has 3 heterocycles. The minimum atomic E-state index is -0.802. The van der Waals surface area contributed by atoms with Crippen LogP contribution < -0.4 is 19.6 Å². The van der Waals surface area contributed by atoms with Gasteiger partial charge in [0, 0.05) is 17.2 Å². The molecule has 6 rings (SSSR count). The summed E-state index contributed by atoms with van der Waals surface area (Å²) in [6, 6.07) is 26.3. The summed E-state index contributed by atoms with van der Waals surface area (Å²) < 4.78 is 23.9. The fourth-order valence-electron chi connectivity index (χ4n) is 5.24. The summed E-state index contributed by atoms with van der Waals surface area (Å²) >= 11 is 1.21. The van der Waals surface area contributed by atoms with E-state index >= 15 is 0 Å². The number of methoxy groups -OCH3 is 1. The maximum absolute atomic E-state index is 14.1. The van der Waals surface area contributed by atoms with E-state index in [1.807, 2.05) is 42.5 Å². The predicted molar refractivity (Wildman–Crippen MR) is 174 cm³/mol. The van der Waals surface area contributed by atoms with E-state index in [1.165, 1.54) is 15.9 Å². The second kappa shape index (κ2) is 13.3. The van der Waals surface area contributed by atoms with Crippen LogP contribution in [0.2, 0.25) is 0 Å². The molecule has 232 valence electrons. The normalized spacial score (nSPS) is 14.4. The van der Waals surface area contributed by atoms with Gasteiger partial charge in [-0.3, -0.25) is 9.36 Å². The fourth-order valence-corrected chi connectivity index (χ4v) is 6.22. The number of nitrogens with zero attached hydrogens (tertiary/aromatic N) is 2. The van der Waals surface area contributed by atoms with Crippen LogP contribution in [0.4, 0.5) is 0 Å². The quantitative estimate of drug-likeness (QED) is 0.200. The molecule has 1 unspecified atom stereocenters. The molecule has 0 bridgehead atoms. The first-order valence-corrected chi connectivity index (χ1v) is 15.5. The van der Waals surface area contributed by atoms with Gasteiger partial charge in [0.1, 0.15) is 17.3 Å². The van der Waals surface area contributed by atoms with E-state index in [4.69, 9.17) is 23.6 Å². The Morgan fingerprint density at radius 1 is 0.870 bits per heavy atom. The lowest BCUT2D eigenvalue weighted by atomic mass is 9.93. The van der Waals surface area contributed by atoms with Gasteiger partial charge in [0.05, 0.1) is 47.7 Å². The topological polar surface area (TPSA) is 109 Å². The number of fused-ring (bicyclic) bond motifs is 1. The van der Waals surface area contributed by atoms with Crippen LogP contribution in [0.5, 0.6) is 5.75 Å². The SMILES string of the molecule is CCOC(=O)C1=C(c2ccccc2)N=c2s/c(=C\c3ccc(-c4ccc(C(=O)OCC)cc4)o3)c(=O)n2C1c1ccc(OC)cc1. The molecule has 46 heavy (non-hydrogen) atoms. The Hall–Kier alpha value is -5.48. The zero-order valence-corrected chi connectivity index (χ0v) is 26.2. The molecule has 0 spiro atoms. The third-order valence-electron chi connectivity index (χ3n) is 7.39. The number of hydrogen-bond acceptors (Lipinski definition) is 9. The van der Waals surface area contributed by atoms with E-state index < -0.39 is 12.0 Å². The van der Waals surface area contributed by atoms with Crippen molar-refractivity contribution in [3.63, 3.8) is 0 Å². The van der Waals surface area contributed by atoms with Gasteiger partial charge in [0.15, 0.2) is 4.80 Å². The first-order chi connectivity index (χ1) is 22.4. The molecular formula is C36H30N2O7S. The number of furan rings is 1. The smallest absolute Gasteiger partial charge is 0.338 e. The van der Waals surface area contributed by atoms with Crippen LogP contribution in [0, 0.1) is 0 Å². The molecular weight excluding hydrogens is 604 g/mol. The number of ether oxygens (including phenoxy) is 3. The molecule has 1 atom stereocenters. The van der Waals surface area contributed by atoms with Gasteiger partial charge in [-0.25, -0.2) is 14.6 Å². The van der Waals surface area contributed by atoms with E-state index in [9.17, 15) is 14.4 Å². The number of hydrogen-bond donors (Lipinski definition) is 0. The van der Waals surface area contributed by atoms with Crippen LogP contribution in [0.25, 0.3) is 23.1 Å². The summed E-state index contributed by atoms with van der Waals surface area (Å²) in [5.74, 6) is 0.735. The highest BCUT2D eigenvalue weighted by Crippen LogP contribution is 2.35. The van der Waals surface area contributed by atoms with Gasteiger partial charge in [-0.15, -0.1) is 0 Å². The van der Waals surface area contributed by atoms with Crippen molar-refractivity contribution >= 4 is 35.0 Å². The van der Waals surface area contributed by atoms with Crippen molar-refractivity contribution in [3.05, 3.63) is 139 Å². The second-order valence-electron chi connectivity index (χ2n) is 10.2. The monoisotopic (exact) mass is 634 g/mol. The zero-order chi connectivity index (χ0) is 32.2. The van der Waals surface area contributed by atoms with E-state index in [0.29, 0.717) is 50.0 Å². The highest BCUT2D eigenvalue weighted by atomic mass is 32.1. The molecule has 5 aromatic rings. The van der Waals surface area contributed by atoms with Crippen molar-refractivity contribution in [3.8, 4) is 17.1 Å². The zero-order valence-electron chi connectivity index (χ0n) is 25.4. The number of benzene rings is 3. The maximum atomic E-state index is 14.1. The molecule has 3 aromatic carbocycles. The second-order valence-corrected chi connectivity index (χ2v) is 11.2. The molecule has 1 aliphatic rings. The molecule has 0 radical (unpaired) electrons. The van der Waals surface area contributed by atoms with E-state index in [1.54, 1.807) is 75.6 Å². The molecule has 2 aromatic heterocycles. The lowest BCUT2D eigenvalue weighted by Gasteiger charge is -2.26. The average Bonchev–Trinajstić information content (AvgIpc) is 3.68. The Morgan fingerprint density at radius 3 is 2.24 bits per heavy atom. The Bertz CT molecular complexity index is 2110. The molecule has 1 aliphatic heterocycles. The molecule has 9 nitrogen and oxygen atoms in total. The van der Waals surface area contributed by atoms with Gasteiger partial charge in [0.2, 0.25) is 0 Å². The summed E-state index contributed by atoms with van der Waals surface area (Å²) in [5, 5.41) is 0. The first kappa shape index (κ1) is 30.5. The summed E-state index contributed by atoms with van der Waals surface area (Å²) in [5.41, 5.74) is 3.03. The Kier molecular flexibility index (Phi) is 8.80. The van der Waals surface area contributed by atoms with Gasteiger partial charge in [-0.1, -0.05) is 65.9 Å². The van der Waals surface area contributed by atoms with Crippen LogP contribution in [-0.2, 0) is 14.3 Å². The van der Waals surface area contributed by atoms with E-state index in [-0.39, 0.29) is 23.7 Å². The van der Waals surface area contributed by atoms with Crippen molar-refractivity contribution in [2.75, 3.05) is 20.3 Å². The third kappa shape index (κ3) is 5.94. The highest BCUT2D eigenvalue weighted by molar-refractivity contribution is 7.07. The van der Waals surface area contributed by atoms with Crippen LogP contribution >= 0.6 is 11.3 Å². The van der Waals surface area contributed by atoms with Crippen LogP contribution in [0.15, 0.2) is 111 Å². The number of esters is 2. The first-order valence-electron chi connectivity index (χ1n) is 14.7. The number of carbonyl (C=O) groups is 2. The largest absolute Gasteiger partial charge is 0.497 e. The van der Waals surface area contributed by atoms with Crippen LogP contribution in [0.3, 0.4) is 0 Å². The summed E-state index contributed by atoms with van der Waals surface area (Å²) in [6.45, 7) is 3.96. The molecule has 0 saturated heterocycles. The van der Waals surface area contributed by atoms with Crippen LogP contribution in [-0.4, -0.2) is 36.8 Å². The Morgan fingerprint density at radius 2 is 1.57 bits per heavy atom. The lowest BCUT2D eigenvalue weighted by molar-refractivity contribution is -0.138.